The van der Waals surface area contributed by atoms with E-state index in [4.69, 9.17) is 4.42 Å². The van der Waals surface area contributed by atoms with Crippen LogP contribution in [0.15, 0.2) is 45.8 Å². The standard InChI is InChI=1S/C22H32N4O3/c1-5-23-21(26-15-22(4,28)19-13-16(2)29-17(19)3)24-12-11-20(27)25-14-18-9-7-6-8-10-18/h6-10,13,28H,5,11-12,14-15H2,1-4H3,(H,25,27)(H2,23,24,26). The number of hydrogen-bond acceptors (Lipinski definition) is 4. The lowest BCUT2D eigenvalue weighted by Crippen LogP contribution is -2.40. The molecule has 0 aliphatic carbocycles. The molecule has 1 aromatic carbocycles. The van der Waals surface area contributed by atoms with Gasteiger partial charge in [-0.15, -0.1) is 0 Å². The highest BCUT2D eigenvalue weighted by atomic mass is 16.3. The summed E-state index contributed by atoms with van der Waals surface area (Å²) < 4.78 is 5.52. The summed E-state index contributed by atoms with van der Waals surface area (Å²) in [6.07, 6.45) is 0.327. The van der Waals surface area contributed by atoms with Crippen LogP contribution in [-0.4, -0.2) is 36.6 Å². The molecule has 1 atom stereocenters. The SMILES string of the molecule is CCNC(=NCC(C)(O)c1cc(C)oc1C)NCCC(=O)NCc1ccccc1. The monoisotopic (exact) mass is 400 g/mol. The van der Waals surface area contributed by atoms with Crippen molar-refractivity contribution in [1.82, 2.24) is 16.0 Å². The fourth-order valence-electron chi connectivity index (χ4n) is 3.00. The van der Waals surface area contributed by atoms with Gasteiger partial charge in [-0.1, -0.05) is 30.3 Å². The van der Waals surface area contributed by atoms with Crippen LogP contribution in [0.2, 0.25) is 0 Å². The lowest BCUT2D eigenvalue weighted by atomic mass is 9.96. The smallest absolute Gasteiger partial charge is 0.222 e. The van der Waals surface area contributed by atoms with Gasteiger partial charge in [0.1, 0.15) is 17.1 Å². The molecule has 0 radical (unpaired) electrons. The van der Waals surface area contributed by atoms with Crippen LogP contribution in [0.4, 0.5) is 0 Å². The van der Waals surface area contributed by atoms with Gasteiger partial charge < -0.3 is 25.5 Å². The first kappa shape index (κ1) is 22.5. The molecule has 158 valence electrons. The summed E-state index contributed by atoms with van der Waals surface area (Å²) in [5.41, 5.74) is 0.655. The molecule has 0 bridgehead atoms. The summed E-state index contributed by atoms with van der Waals surface area (Å²) in [7, 11) is 0. The highest BCUT2D eigenvalue weighted by Crippen LogP contribution is 2.27. The third-order valence-corrected chi connectivity index (χ3v) is 4.49. The van der Waals surface area contributed by atoms with Gasteiger partial charge in [0.15, 0.2) is 5.96 Å². The van der Waals surface area contributed by atoms with E-state index in [1.165, 1.54) is 0 Å². The van der Waals surface area contributed by atoms with Crippen LogP contribution in [-0.2, 0) is 16.9 Å². The Morgan fingerprint density at radius 3 is 2.52 bits per heavy atom. The molecule has 0 saturated heterocycles. The average Bonchev–Trinajstić information content (AvgIpc) is 3.04. The molecular formula is C22H32N4O3. The predicted molar refractivity (Wildman–Crippen MR) is 115 cm³/mol. The Labute approximate surface area is 172 Å². The second kappa shape index (κ2) is 10.7. The van der Waals surface area contributed by atoms with E-state index in [1.807, 2.05) is 57.2 Å². The Bertz CT molecular complexity index is 813. The van der Waals surface area contributed by atoms with Crippen molar-refractivity contribution < 1.29 is 14.3 Å². The number of carbonyl (C=O) groups excluding carboxylic acids is 1. The zero-order chi connectivity index (χ0) is 21.3. The van der Waals surface area contributed by atoms with Crippen molar-refractivity contribution in [3.63, 3.8) is 0 Å². The molecule has 0 spiro atoms. The zero-order valence-electron chi connectivity index (χ0n) is 17.7. The number of rotatable bonds is 9. The van der Waals surface area contributed by atoms with Gasteiger partial charge in [-0.05, 0) is 39.3 Å². The Morgan fingerprint density at radius 2 is 1.90 bits per heavy atom. The fraction of sp³-hybridized carbons (Fsp3) is 0.455. The number of benzene rings is 1. The van der Waals surface area contributed by atoms with Crippen molar-refractivity contribution in [1.29, 1.82) is 0 Å². The van der Waals surface area contributed by atoms with Gasteiger partial charge >= 0.3 is 0 Å². The molecule has 0 saturated carbocycles. The zero-order valence-corrected chi connectivity index (χ0v) is 17.7. The van der Waals surface area contributed by atoms with Crippen LogP contribution in [0.3, 0.4) is 0 Å². The number of aliphatic hydroxyl groups is 1. The molecule has 0 fully saturated rings. The second-order valence-corrected chi connectivity index (χ2v) is 7.24. The quantitative estimate of drug-likeness (QED) is 0.383. The van der Waals surface area contributed by atoms with Crippen molar-refractivity contribution in [2.75, 3.05) is 19.6 Å². The molecule has 0 aliphatic rings. The Morgan fingerprint density at radius 1 is 1.17 bits per heavy atom. The molecule has 7 nitrogen and oxygen atoms in total. The van der Waals surface area contributed by atoms with Crippen LogP contribution in [0.1, 0.15) is 42.9 Å². The summed E-state index contributed by atoms with van der Waals surface area (Å²) in [6, 6.07) is 11.6. The largest absolute Gasteiger partial charge is 0.466 e. The summed E-state index contributed by atoms with van der Waals surface area (Å²) in [5.74, 6) is 1.97. The van der Waals surface area contributed by atoms with Crippen LogP contribution in [0.25, 0.3) is 0 Å². The van der Waals surface area contributed by atoms with Gasteiger partial charge in [0.05, 0.1) is 6.54 Å². The van der Waals surface area contributed by atoms with Gasteiger partial charge in [0.2, 0.25) is 5.91 Å². The molecule has 1 unspecified atom stereocenters. The van der Waals surface area contributed by atoms with Crippen LogP contribution >= 0.6 is 0 Å². The van der Waals surface area contributed by atoms with E-state index in [1.54, 1.807) is 6.92 Å². The molecule has 1 amide bonds. The highest BCUT2D eigenvalue weighted by Gasteiger charge is 2.27. The molecule has 2 aromatic rings. The number of hydrogen-bond donors (Lipinski definition) is 4. The number of guanidine groups is 1. The molecule has 0 aliphatic heterocycles. The Balaban J connectivity index is 1.84. The lowest BCUT2D eigenvalue weighted by Gasteiger charge is -2.21. The van der Waals surface area contributed by atoms with E-state index in [-0.39, 0.29) is 12.5 Å². The molecule has 1 heterocycles. The van der Waals surface area contributed by atoms with E-state index < -0.39 is 5.60 Å². The molecule has 4 N–H and O–H groups in total. The number of nitrogens with zero attached hydrogens (tertiary/aromatic N) is 1. The minimum Gasteiger partial charge on any atom is -0.466 e. The van der Waals surface area contributed by atoms with Crippen molar-refractivity contribution >= 4 is 11.9 Å². The maximum atomic E-state index is 12.0. The highest BCUT2D eigenvalue weighted by molar-refractivity contribution is 5.81. The first-order valence-corrected chi connectivity index (χ1v) is 9.94. The van der Waals surface area contributed by atoms with Crippen molar-refractivity contribution in [2.45, 2.75) is 46.3 Å². The first-order chi connectivity index (χ1) is 13.8. The third kappa shape index (κ3) is 7.27. The minimum atomic E-state index is -1.14. The number of carbonyl (C=O) groups is 1. The molecular weight excluding hydrogens is 368 g/mol. The number of aliphatic imine (C=N–C) groups is 1. The Kier molecular flexibility index (Phi) is 8.27. The lowest BCUT2D eigenvalue weighted by molar-refractivity contribution is -0.121. The van der Waals surface area contributed by atoms with Crippen molar-refractivity contribution in [2.24, 2.45) is 4.99 Å². The van der Waals surface area contributed by atoms with Crippen LogP contribution in [0, 0.1) is 13.8 Å². The fourth-order valence-corrected chi connectivity index (χ4v) is 3.00. The average molecular weight is 401 g/mol. The maximum Gasteiger partial charge on any atom is 0.222 e. The number of aryl methyl sites for hydroxylation is 2. The normalized spacial score (nSPS) is 13.6. The maximum absolute atomic E-state index is 12.0. The second-order valence-electron chi connectivity index (χ2n) is 7.24. The van der Waals surface area contributed by atoms with Gasteiger partial charge in [-0.3, -0.25) is 4.79 Å². The van der Waals surface area contributed by atoms with Crippen molar-refractivity contribution in [3.8, 4) is 0 Å². The van der Waals surface area contributed by atoms with E-state index in [0.717, 1.165) is 16.9 Å². The summed E-state index contributed by atoms with van der Waals surface area (Å²) in [5, 5.41) is 20.0. The van der Waals surface area contributed by atoms with E-state index >= 15 is 0 Å². The van der Waals surface area contributed by atoms with E-state index in [2.05, 4.69) is 20.9 Å². The van der Waals surface area contributed by atoms with Gasteiger partial charge in [0, 0.05) is 31.6 Å². The first-order valence-electron chi connectivity index (χ1n) is 9.94. The minimum absolute atomic E-state index is 0.0336. The molecule has 7 heteroatoms. The molecule has 1 aromatic heterocycles. The van der Waals surface area contributed by atoms with Crippen LogP contribution in [0.5, 0.6) is 0 Å². The topological polar surface area (TPSA) is 98.9 Å². The number of nitrogens with one attached hydrogen (secondary N) is 3. The Hall–Kier alpha value is -2.80. The van der Waals surface area contributed by atoms with E-state index in [0.29, 0.717) is 37.8 Å². The predicted octanol–water partition coefficient (Wildman–Crippen LogP) is 2.37. The summed E-state index contributed by atoms with van der Waals surface area (Å²) in [6.45, 7) is 9.17. The van der Waals surface area contributed by atoms with Gasteiger partial charge in [0.25, 0.3) is 0 Å². The molecule has 2 rings (SSSR count). The summed E-state index contributed by atoms with van der Waals surface area (Å²) >= 11 is 0. The van der Waals surface area contributed by atoms with E-state index in [9.17, 15) is 9.90 Å². The van der Waals surface area contributed by atoms with Crippen LogP contribution < -0.4 is 16.0 Å². The van der Waals surface area contributed by atoms with Gasteiger partial charge in [-0.2, -0.15) is 0 Å². The molecule has 29 heavy (non-hydrogen) atoms. The number of amides is 1. The summed E-state index contributed by atoms with van der Waals surface area (Å²) in [4.78, 5) is 16.5. The van der Waals surface area contributed by atoms with Gasteiger partial charge in [-0.25, -0.2) is 4.99 Å². The number of furan rings is 1. The third-order valence-electron chi connectivity index (χ3n) is 4.49. The van der Waals surface area contributed by atoms with Crippen molar-refractivity contribution in [3.05, 3.63) is 59.0 Å².